The van der Waals surface area contributed by atoms with Crippen LogP contribution < -0.4 is 14.2 Å². The first-order valence-corrected chi connectivity index (χ1v) is 8.50. The number of hydrogen-bond acceptors (Lipinski definition) is 7. The highest BCUT2D eigenvalue weighted by Crippen LogP contribution is 2.35. The third-order valence-corrected chi connectivity index (χ3v) is 4.71. The monoisotopic (exact) mass is 360 g/mol. The molecule has 0 unspecified atom stereocenters. The molecule has 1 N–H and O–H groups in total. The number of ether oxygens (including phenoxy) is 3. The Morgan fingerprint density at radius 1 is 1.12 bits per heavy atom. The molecule has 0 radical (unpaired) electrons. The maximum atomic E-state index is 5.44. The molecular weight excluding hydrogens is 340 g/mol. The van der Waals surface area contributed by atoms with Crippen LogP contribution in [0.3, 0.4) is 0 Å². The Kier molecular flexibility index (Phi) is 5.35. The molecule has 0 fully saturated rings. The minimum absolute atomic E-state index is 0.545. The molecule has 25 heavy (non-hydrogen) atoms. The van der Waals surface area contributed by atoms with Crippen LogP contribution >= 0.6 is 11.9 Å². The second kappa shape index (κ2) is 7.67. The van der Waals surface area contributed by atoms with Gasteiger partial charge in [0.1, 0.15) is 11.5 Å². The van der Waals surface area contributed by atoms with E-state index in [0.29, 0.717) is 12.4 Å². The third kappa shape index (κ3) is 3.67. The summed E-state index contributed by atoms with van der Waals surface area (Å²) in [6, 6.07) is 9.67. The summed E-state index contributed by atoms with van der Waals surface area (Å²) in [5.74, 6) is 2.14. The molecule has 132 valence electrons. The fourth-order valence-corrected chi connectivity index (χ4v) is 3.21. The lowest BCUT2D eigenvalue weighted by Gasteiger charge is -2.10. The molecular formula is C18H20N2O4S. The lowest BCUT2D eigenvalue weighted by atomic mass is 10.1. The van der Waals surface area contributed by atoms with E-state index in [-0.39, 0.29) is 0 Å². The highest BCUT2D eigenvalue weighted by atomic mass is 32.2. The molecule has 0 saturated carbocycles. The largest absolute Gasteiger partial charge is 0.497 e. The number of aryl methyl sites for hydroxylation is 1. The molecule has 1 heterocycles. The molecule has 0 aliphatic rings. The van der Waals surface area contributed by atoms with Gasteiger partial charge in [0, 0.05) is 13.2 Å². The second-order valence-corrected chi connectivity index (χ2v) is 6.31. The SMILES string of the molecule is COCc1cc2onc(NSc3ccc(OC)cc3OC)c2cc1C. The van der Waals surface area contributed by atoms with Crippen molar-refractivity contribution in [2.45, 2.75) is 18.4 Å². The van der Waals surface area contributed by atoms with E-state index in [1.54, 1.807) is 21.3 Å². The Bertz CT molecular complexity index is 879. The summed E-state index contributed by atoms with van der Waals surface area (Å²) in [6.45, 7) is 2.59. The first-order valence-electron chi connectivity index (χ1n) is 7.69. The van der Waals surface area contributed by atoms with Crippen LogP contribution in [-0.4, -0.2) is 26.5 Å². The van der Waals surface area contributed by atoms with Crippen LogP contribution in [0.15, 0.2) is 39.8 Å². The number of rotatable bonds is 7. The highest BCUT2D eigenvalue weighted by Gasteiger charge is 2.13. The topological polar surface area (TPSA) is 65.8 Å². The van der Waals surface area contributed by atoms with Crippen molar-refractivity contribution in [3.05, 3.63) is 41.5 Å². The van der Waals surface area contributed by atoms with Crippen LogP contribution in [0.5, 0.6) is 11.5 Å². The predicted molar refractivity (Wildman–Crippen MR) is 98.5 cm³/mol. The fraction of sp³-hybridized carbons (Fsp3) is 0.278. The smallest absolute Gasteiger partial charge is 0.187 e. The van der Waals surface area contributed by atoms with Crippen molar-refractivity contribution >= 4 is 28.7 Å². The molecule has 3 aromatic rings. The lowest BCUT2D eigenvalue weighted by molar-refractivity contribution is 0.184. The summed E-state index contributed by atoms with van der Waals surface area (Å²) in [5.41, 5.74) is 2.94. The minimum atomic E-state index is 0.545. The fourth-order valence-electron chi connectivity index (χ4n) is 2.48. The number of nitrogens with zero attached hydrogens (tertiary/aromatic N) is 1. The number of hydrogen-bond donors (Lipinski definition) is 1. The second-order valence-electron chi connectivity index (χ2n) is 5.46. The van der Waals surface area contributed by atoms with Gasteiger partial charge in [-0.1, -0.05) is 5.16 Å². The first-order chi connectivity index (χ1) is 12.2. The molecule has 3 rings (SSSR count). The average Bonchev–Trinajstić information content (AvgIpc) is 3.02. The van der Waals surface area contributed by atoms with Crippen molar-refractivity contribution in [1.29, 1.82) is 0 Å². The number of anilines is 1. The van der Waals surface area contributed by atoms with Crippen LogP contribution in [-0.2, 0) is 11.3 Å². The quantitative estimate of drug-likeness (QED) is 0.626. The van der Waals surface area contributed by atoms with E-state index < -0.39 is 0 Å². The Balaban J connectivity index is 1.83. The molecule has 0 saturated heterocycles. The number of benzene rings is 2. The Morgan fingerprint density at radius 3 is 2.68 bits per heavy atom. The minimum Gasteiger partial charge on any atom is -0.497 e. The van der Waals surface area contributed by atoms with Gasteiger partial charge in [-0.2, -0.15) is 0 Å². The number of aromatic nitrogens is 1. The van der Waals surface area contributed by atoms with Gasteiger partial charge in [0.2, 0.25) is 0 Å². The number of methoxy groups -OCH3 is 3. The normalized spacial score (nSPS) is 10.9. The third-order valence-electron chi connectivity index (χ3n) is 3.86. The summed E-state index contributed by atoms with van der Waals surface area (Å²) in [4.78, 5) is 0.923. The van der Waals surface area contributed by atoms with Crippen LogP contribution in [0, 0.1) is 6.92 Å². The molecule has 0 bridgehead atoms. The van der Waals surface area contributed by atoms with E-state index in [0.717, 1.165) is 38.5 Å². The van der Waals surface area contributed by atoms with Crippen molar-refractivity contribution in [3.8, 4) is 11.5 Å². The maximum absolute atomic E-state index is 5.44. The maximum Gasteiger partial charge on any atom is 0.187 e. The van der Waals surface area contributed by atoms with Gasteiger partial charge < -0.3 is 23.5 Å². The zero-order valence-corrected chi connectivity index (χ0v) is 15.4. The Labute approximate surface area is 150 Å². The lowest BCUT2D eigenvalue weighted by Crippen LogP contribution is -1.93. The summed E-state index contributed by atoms with van der Waals surface area (Å²) in [5, 5.41) is 5.06. The molecule has 0 amide bonds. The van der Waals surface area contributed by atoms with Crippen molar-refractivity contribution in [3.63, 3.8) is 0 Å². The van der Waals surface area contributed by atoms with E-state index in [9.17, 15) is 0 Å². The Morgan fingerprint density at radius 2 is 1.96 bits per heavy atom. The molecule has 6 nitrogen and oxygen atoms in total. The number of fused-ring (bicyclic) bond motifs is 1. The van der Waals surface area contributed by atoms with Gasteiger partial charge in [-0.05, 0) is 54.3 Å². The number of nitrogens with one attached hydrogen (secondary N) is 1. The van der Waals surface area contributed by atoms with Crippen LogP contribution in [0.2, 0.25) is 0 Å². The van der Waals surface area contributed by atoms with Crippen molar-refractivity contribution in [2.24, 2.45) is 0 Å². The van der Waals surface area contributed by atoms with Gasteiger partial charge in [0.15, 0.2) is 11.4 Å². The van der Waals surface area contributed by atoms with E-state index in [1.165, 1.54) is 11.9 Å². The van der Waals surface area contributed by atoms with Crippen LogP contribution in [0.1, 0.15) is 11.1 Å². The van der Waals surface area contributed by atoms with Gasteiger partial charge in [-0.3, -0.25) is 0 Å². The van der Waals surface area contributed by atoms with E-state index >= 15 is 0 Å². The van der Waals surface area contributed by atoms with Gasteiger partial charge in [-0.25, -0.2) is 0 Å². The van der Waals surface area contributed by atoms with Gasteiger partial charge in [0.05, 0.1) is 31.1 Å². The van der Waals surface area contributed by atoms with Gasteiger partial charge in [-0.15, -0.1) is 0 Å². The van der Waals surface area contributed by atoms with Crippen LogP contribution in [0.4, 0.5) is 5.82 Å². The van der Waals surface area contributed by atoms with Crippen molar-refractivity contribution < 1.29 is 18.7 Å². The first kappa shape index (κ1) is 17.4. The molecule has 0 atom stereocenters. The standard InChI is InChI=1S/C18H20N2O4S/c1-11-7-14-15(8-12(11)10-21-2)24-19-18(14)20-25-17-6-5-13(22-3)9-16(17)23-4/h5-9H,10H2,1-4H3,(H,19,20). The molecule has 0 aliphatic heterocycles. The van der Waals surface area contributed by atoms with E-state index in [4.69, 9.17) is 18.7 Å². The summed E-state index contributed by atoms with van der Waals surface area (Å²) < 4.78 is 24.5. The van der Waals surface area contributed by atoms with Crippen LogP contribution in [0.25, 0.3) is 11.0 Å². The van der Waals surface area contributed by atoms with Gasteiger partial charge >= 0.3 is 0 Å². The molecule has 1 aromatic heterocycles. The van der Waals surface area contributed by atoms with Crippen molar-refractivity contribution in [2.75, 3.05) is 26.1 Å². The highest BCUT2D eigenvalue weighted by molar-refractivity contribution is 8.00. The molecule has 7 heteroatoms. The summed E-state index contributed by atoms with van der Waals surface area (Å²) >= 11 is 1.41. The zero-order chi connectivity index (χ0) is 17.8. The van der Waals surface area contributed by atoms with Gasteiger partial charge in [0.25, 0.3) is 0 Å². The Hall–Kier alpha value is -2.38. The van der Waals surface area contributed by atoms with E-state index in [2.05, 4.69) is 9.88 Å². The van der Waals surface area contributed by atoms with E-state index in [1.807, 2.05) is 37.3 Å². The zero-order valence-electron chi connectivity index (χ0n) is 14.6. The predicted octanol–water partition coefficient (Wildman–Crippen LogP) is 4.42. The average molecular weight is 360 g/mol. The summed E-state index contributed by atoms with van der Waals surface area (Å²) in [7, 11) is 4.93. The molecule has 0 aliphatic carbocycles. The van der Waals surface area contributed by atoms with Crippen molar-refractivity contribution in [1.82, 2.24) is 5.16 Å². The molecule has 0 spiro atoms. The summed E-state index contributed by atoms with van der Waals surface area (Å²) in [6.07, 6.45) is 0. The molecule has 2 aromatic carbocycles.